The molecule has 0 saturated heterocycles. The quantitative estimate of drug-likeness (QED) is 0.0745. The minimum atomic E-state index is -1.28. The molecule has 212 valence electrons. The van der Waals surface area contributed by atoms with Gasteiger partial charge in [-0.1, -0.05) is 117 Å². The van der Waals surface area contributed by atoms with Crippen molar-refractivity contribution in [2.75, 3.05) is 4.43 Å². The van der Waals surface area contributed by atoms with Crippen LogP contribution < -0.4 is 5.32 Å². The number of esters is 1. The fourth-order valence-corrected chi connectivity index (χ4v) is 6.69. The summed E-state index contributed by atoms with van der Waals surface area (Å²) in [5.41, 5.74) is 0.274. The third kappa shape index (κ3) is 6.79. The molecule has 4 nitrogen and oxygen atoms in total. The molecule has 1 amide bonds. The topological polar surface area (TPSA) is 55.4 Å². The number of halogens is 1. The predicted molar refractivity (Wildman–Crippen MR) is 173 cm³/mol. The van der Waals surface area contributed by atoms with E-state index < -0.39 is 11.5 Å². The number of hydrogen-bond acceptors (Lipinski definition) is 3. The van der Waals surface area contributed by atoms with Crippen LogP contribution in [0.15, 0.2) is 85.5 Å². The van der Waals surface area contributed by atoms with Crippen molar-refractivity contribution >= 4 is 45.2 Å². The van der Waals surface area contributed by atoms with Crippen LogP contribution in [0.1, 0.15) is 75.2 Å². The molecule has 3 aromatic rings. The second-order valence-electron chi connectivity index (χ2n) is 11.9. The van der Waals surface area contributed by atoms with Crippen molar-refractivity contribution in [3.63, 3.8) is 0 Å². The summed E-state index contributed by atoms with van der Waals surface area (Å²) < 4.78 is 7.45. The molecular formula is C35H42INO3. The molecule has 0 heterocycles. The van der Waals surface area contributed by atoms with E-state index in [1.165, 1.54) is 16.3 Å². The van der Waals surface area contributed by atoms with Gasteiger partial charge in [0.25, 0.3) is 5.91 Å². The van der Waals surface area contributed by atoms with Crippen LogP contribution >= 0.6 is 22.6 Å². The first kappa shape index (κ1) is 30.3. The largest absolute Gasteiger partial charge is 0.460 e. The standard InChI is InChI=1S/C35H42INO3/c1-5-35(21-11-12-22-36,37-32(38)27-14-7-6-8-15-27)33(39)40-31-23-25(2)17-20-30(31)34(3,4)29-19-18-26-13-9-10-16-28(26)24-29/h5-10,13-16,18-19,24-25,30-31H,1,11-12,17,20-23H2,2-4H3,(H,37,38)/t25-,30-,31-,35+/m1/s1. The summed E-state index contributed by atoms with van der Waals surface area (Å²) in [7, 11) is 0. The Labute approximate surface area is 253 Å². The van der Waals surface area contributed by atoms with E-state index in [0.29, 0.717) is 17.9 Å². The molecule has 1 aliphatic rings. The Morgan fingerprint density at radius 3 is 2.40 bits per heavy atom. The molecule has 4 rings (SSSR count). The molecule has 1 saturated carbocycles. The Kier molecular flexibility index (Phi) is 10.1. The molecule has 0 bridgehead atoms. The lowest BCUT2D eigenvalue weighted by molar-refractivity contribution is -0.162. The van der Waals surface area contributed by atoms with E-state index in [2.05, 4.69) is 97.7 Å². The van der Waals surface area contributed by atoms with E-state index in [0.717, 1.165) is 36.5 Å². The predicted octanol–water partition coefficient (Wildman–Crippen LogP) is 8.43. The first-order valence-corrected chi connectivity index (χ1v) is 16.0. The fraction of sp³-hybridized carbons (Fsp3) is 0.429. The normalized spacial score (nSPS) is 20.9. The first-order valence-electron chi connectivity index (χ1n) is 14.5. The summed E-state index contributed by atoms with van der Waals surface area (Å²) in [6.45, 7) is 10.8. The van der Waals surface area contributed by atoms with Gasteiger partial charge in [0.15, 0.2) is 5.54 Å². The van der Waals surface area contributed by atoms with Gasteiger partial charge in [0.1, 0.15) is 6.10 Å². The SMILES string of the molecule is C=C[C@@](CCCCI)(NC(=O)c1ccccc1)C(=O)O[C@@H]1C[C@H](C)CC[C@H]1C(C)(C)c1ccc2ccccc2c1. The number of amides is 1. The lowest BCUT2D eigenvalue weighted by Crippen LogP contribution is -2.56. The van der Waals surface area contributed by atoms with E-state index in [-0.39, 0.29) is 23.3 Å². The van der Waals surface area contributed by atoms with Crippen molar-refractivity contribution in [3.8, 4) is 0 Å². The van der Waals surface area contributed by atoms with Gasteiger partial charge in [0.2, 0.25) is 0 Å². The maximum absolute atomic E-state index is 14.1. The van der Waals surface area contributed by atoms with Crippen LogP contribution in [0.2, 0.25) is 0 Å². The van der Waals surface area contributed by atoms with Gasteiger partial charge < -0.3 is 10.1 Å². The van der Waals surface area contributed by atoms with Crippen molar-refractivity contribution < 1.29 is 14.3 Å². The van der Waals surface area contributed by atoms with E-state index in [4.69, 9.17) is 4.74 Å². The number of fused-ring (bicyclic) bond motifs is 1. The molecule has 0 unspecified atom stereocenters. The zero-order valence-corrected chi connectivity index (χ0v) is 26.2. The Morgan fingerprint density at radius 2 is 1.70 bits per heavy atom. The molecule has 0 aliphatic heterocycles. The average molecular weight is 652 g/mol. The van der Waals surface area contributed by atoms with E-state index in [1.807, 2.05) is 18.2 Å². The molecule has 5 heteroatoms. The summed E-state index contributed by atoms with van der Waals surface area (Å²) >= 11 is 2.34. The maximum atomic E-state index is 14.1. The highest BCUT2D eigenvalue weighted by atomic mass is 127. The van der Waals surface area contributed by atoms with Crippen LogP contribution in [-0.4, -0.2) is 27.9 Å². The van der Waals surface area contributed by atoms with Crippen LogP contribution in [0.4, 0.5) is 0 Å². The highest BCUT2D eigenvalue weighted by molar-refractivity contribution is 14.1. The average Bonchev–Trinajstić information content (AvgIpc) is 2.96. The Morgan fingerprint density at radius 1 is 1.00 bits per heavy atom. The van der Waals surface area contributed by atoms with Crippen molar-refractivity contribution in [3.05, 3.63) is 96.6 Å². The number of carbonyl (C=O) groups excluding carboxylic acids is 2. The van der Waals surface area contributed by atoms with E-state index >= 15 is 0 Å². The molecule has 1 fully saturated rings. The van der Waals surface area contributed by atoms with Gasteiger partial charge >= 0.3 is 5.97 Å². The number of ether oxygens (including phenoxy) is 1. The zero-order valence-electron chi connectivity index (χ0n) is 24.0. The summed E-state index contributed by atoms with van der Waals surface area (Å²) in [5.74, 6) is -0.0938. The van der Waals surface area contributed by atoms with Gasteiger partial charge in [0, 0.05) is 11.5 Å². The van der Waals surface area contributed by atoms with E-state index in [1.54, 1.807) is 18.2 Å². The molecule has 0 radical (unpaired) electrons. The molecule has 0 spiro atoms. The molecular weight excluding hydrogens is 609 g/mol. The monoisotopic (exact) mass is 651 g/mol. The highest BCUT2D eigenvalue weighted by Crippen LogP contribution is 2.44. The van der Waals surface area contributed by atoms with Crippen molar-refractivity contribution in [1.29, 1.82) is 0 Å². The maximum Gasteiger partial charge on any atom is 0.336 e. The fourth-order valence-electron chi connectivity index (χ4n) is 6.15. The van der Waals surface area contributed by atoms with Crippen LogP contribution in [0, 0.1) is 11.8 Å². The molecule has 40 heavy (non-hydrogen) atoms. The minimum absolute atomic E-state index is 0.149. The Balaban J connectivity index is 1.62. The van der Waals surface area contributed by atoms with Crippen molar-refractivity contribution in [2.24, 2.45) is 11.8 Å². The van der Waals surface area contributed by atoms with Crippen molar-refractivity contribution in [2.45, 2.75) is 76.4 Å². The van der Waals surface area contributed by atoms with Gasteiger partial charge in [0.05, 0.1) is 0 Å². The molecule has 1 aliphatic carbocycles. The third-order valence-electron chi connectivity index (χ3n) is 8.77. The van der Waals surface area contributed by atoms with Gasteiger partial charge in [-0.05, 0) is 76.3 Å². The number of unbranched alkanes of at least 4 members (excludes halogenated alkanes) is 1. The Bertz CT molecular complexity index is 1320. The van der Waals surface area contributed by atoms with Crippen LogP contribution in [0.5, 0.6) is 0 Å². The number of benzene rings is 3. The second kappa shape index (κ2) is 13.3. The number of alkyl halides is 1. The number of nitrogens with one attached hydrogen (secondary N) is 1. The zero-order chi connectivity index (χ0) is 28.8. The highest BCUT2D eigenvalue weighted by Gasteiger charge is 2.45. The van der Waals surface area contributed by atoms with Crippen LogP contribution in [0.3, 0.4) is 0 Å². The molecule has 3 aromatic carbocycles. The smallest absolute Gasteiger partial charge is 0.336 e. The van der Waals surface area contributed by atoms with Gasteiger partial charge in [-0.25, -0.2) is 4.79 Å². The lowest BCUT2D eigenvalue weighted by Gasteiger charge is -2.45. The number of carbonyl (C=O) groups is 2. The van der Waals surface area contributed by atoms with E-state index in [9.17, 15) is 9.59 Å². The molecule has 1 N–H and O–H groups in total. The van der Waals surface area contributed by atoms with Crippen LogP contribution in [-0.2, 0) is 14.9 Å². The molecule has 4 atom stereocenters. The number of hydrogen-bond donors (Lipinski definition) is 1. The van der Waals surface area contributed by atoms with Gasteiger partial charge in [-0.15, -0.1) is 6.58 Å². The van der Waals surface area contributed by atoms with Gasteiger partial charge in [-0.2, -0.15) is 0 Å². The van der Waals surface area contributed by atoms with Crippen LogP contribution in [0.25, 0.3) is 10.8 Å². The third-order valence-corrected chi connectivity index (χ3v) is 9.54. The van der Waals surface area contributed by atoms with Crippen molar-refractivity contribution in [1.82, 2.24) is 5.32 Å². The lowest BCUT2D eigenvalue weighted by atomic mass is 9.64. The summed E-state index contributed by atoms with van der Waals surface area (Å²) in [5, 5.41) is 5.47. The summed E-state index contributed by atoms with van der Waals surface area (Å²) in [4.78, 5) is 27.4. The first-order chi connectivity index (χ1) is 19.2. The summed E-state index contributed by atoms with van der Waals surface area (Å²) in [6, 6.07) is 24.1. The van der Waals surface area contributed by atoms with Gasteiger partial charge in [-0.3, -0.25) is 4.79 Å². The Hall–Kier alpha value is -2.67. The molecule has 0 aromatic heterocycles. The summed E-state index contributed by atoms with van der Waals surface area (Å²) in [6.07, 6.45) is 6.40. The second-order valence-corrected chi connectivity index (χ2v) is 13.0. The number of rotatable bonds is 11. The minimum Gasteiger partial charge on any atom is -0.460 e.